The van der Waals surface area contributed by atoms with Crippen LogP contribution < -0.4 is 15.4 Å². The summed E-state index contributed by atoms with van der Waals surface area (Å²) in [5.41, 5.74) is 6.07. The Morgan fingerprint density at radius 2 is 1.95 bits per heavy atom. The van der Waals surface area contributed by atoms with Crippen LogP contribution in [0.15, 0.2) is 66.9 Å². The van der Waals surface area contributed by atoms with Gasteiger partial charge in [-0.15, -0.1) is 11.3 Å². The molecule has 0 bridgehead atoms. The van der Waals surface area contributed by atoms with Gasteiger partial charge in [-0.3, -0.25) is 0 Å². The molecule has 6 nitrogen and oxygen atoms in total. The molecule has 0 fully saturated rings. The molecule has 5 rings (SSSR count). The predicted octanol–water partition coefficient (Wildman–Crippen LogP) is 6.26. The van der Waals surface area contributed by atoms with Crippen LogP contribution in [0, 0.1) is 18.3 Å². The number of aromatic nitrogens is 2. The predicted molar refractivity (Wildman–Crippen MR) is 149 cm³/mol. The van der Waals surface area contributed by atoms with Crippen molar-refractivity contribution in [2.24, 2.45) is 0 Å². The van der Waals surface area contributed by atoms with Gasteiger partial charge >= 0.3 is 0 Å². The van der Waals surface area contributed by atoms with E-state index in [1.807, 2.05) is 36.5 Å². The van der Waals surface area contributed by atoms with Crippen LogP contribution in [0.4, 0.5) is 5.69 Å². The maximum absolute atomic E-state index is 9.03. The first-order chi connectivity index (χ1) is 18.0. The fourth-order valence-electron chi connectivity index (χ4n) is 4.55. The molecule has 7 heteroatoms. The number of hydrogen-bond donors (Lipinski definition) is 2. The maximum Gasteiger partial charge on any atom is 0.237 e. The Labute approximate surface area is 222 Å². The third-order valence-electron chi connectivity index (χ3n) is 6.57. The van der Waals surface area contributed by atoms with E-state index in [9.17, 15) is 0 Å². The fourth-order valence-corrected chi connectivity index (χ4v) is 5.60. The van der Waals surface area contributed by atoms with Crippen molar-refractivity contribution < 1.29 is 4.74 Å². The first-order valence-electron chi connectivity index (χ1n) is 12.7. The first kappa shape index (κ1) is 24.9. The van der Waals surface area contributed by atoms with Crippen molar-refractivity contribution in [3.05, 3.63) is 94.3 Å². The fraction of sp³-hybridized carbons (Fsp3) is 0.300. The number of aryl methyl sites for hydroxylation is 1. The monoisotopic (exact) mass is 509 g/mol. The third-order valence-corrected chi connectivity index (χ3v) is 8.08. The zero-order valence-electron chi connectivity index (χ0n) is 21.4. The summed E-state index contributed by atoms with van der Waals surface area (Å²) in [5, 5.41) is 17.5. The van der Waals surface area contributed by atoms with Crippen LogP contribution in [0.25, 0.3) is 10.4 Å². The first-order valence-corrected chi connectivity index (χ1v) is 13.5. The molecule has 2 aromatic heterocycles. The topological polar surface area (TPSA) is 82.9 Å². The van der Waals surface area contributed by atoms with Crippen LogP contribution in [0.5, 0.6) is 5.88 Å². The highest BCUT2D eigenvalue weighted by Gasteiger charge is 2.30. The van der Waals surface area contributed by atoms with Crippen molar-refractivity contribution >= 4 is 17.0 Å². The molecule has 0 spiro atoms. The summed E-state index contributed by atoms with van der Waals surface area (Å²) in [6.45, 7) is 7.85. The summed E-state index contributed by atoms with van der Waals surface area (Å²) in [7, 11) is 0. The molecule has 0 unspecified atom stereocenters. The Morgan fingerprint density at radius 1 is 1.16 bits per heavy atom. The number of nitrogens with zero attached hydrogens (tertiary/aromatic N) is 3. The Kier molecular flexibility index (Phi) is 7.50. The van der Waals surface area contributed by atoms with E-state index < -0.39 is 0 Å². The van der Waals surface area contributed by atoms with E-state index in [1.165, 1.54) is 11.1 Å². The number of ether oxygens (including phenoxy) is 1. The third kappa shape index (κ3) is 5.66. The van der Waals surface area contributed by atoms with Crippen molar-refractivity contribution in [2.45, 2.75) is 45.3 Å². The lowest BCUT2D eigenvalue weighted by atomic mass is 9.99. The van der Waals surface area contributed by atoms with Crippen molar-refractivity contribution in [1.82, 2.24) is 15.3 Å². The number of anilines is 1. The molecule has 3 heterocycles. The van der Waals surface area contributed by atoms with Gasteiger partial charge in [0.2, 0.25) is 5.88 Å². The zero-order valence-corrected chi connectivity index (χ0v) is 22.2. The molecular weight excluding hydrogens is 478 g/mol. The molecule has 188 valence electrons. The molecule has 0 saturated heterocycles. The lowest BCUT2D eigenvalue weighted by Crippen LogP contribution is -2.43. The molecule has 0 radical (unpaired) electrons. The second-order valence-corrected chi connectivity index (χ2v) is 10.7. The quantitative estimate of drug-likeness (QED) is 0.292. The summed E-state index contributed by atoms with van der Waals surface area (Å²) in [6.07, 6.45) is 2.63. The Balaban J connectivity index is 1.31. The van der Waals surface area contributed by atoms with Gasteiger partial charge in [0.25, 0.3) is 0 Å². The average Bonchev–Trinajstić information content (AvgIpc) is 3.33. The lowest BCUT2D eigenvalue weighted by Gasteiger charge is -2.33. The van der Waals surface area contributed by atoms with E-state index in [0.29, 0.717) is 23.9 Å². The number of rotatable bonds is 8. The van der Waals surface area contributed by atoms with Gasteiger partial charge in [0, 0.05) is 17.7 Å². The van der Waals surface area contributed by atoms with Crippen molar-refractivity contribution in [3.8, 4) is 22.4 Å². The number of pyridine rings is 1. The Morgan fingerprint density at radius 3 is 2.65 bits per heavy atom. The molecule has 0 aliphatic carbocycles. The number of nitrogens with one attached hydrogen (secondary N) is 2. The van der Waals surface area contributed by atoms with E-state index in [4.69, 9.17) is 20.0 Å². The van der Waals surface area contributed by atoms with Crippen LogP contribution in [0.2, 0.25) is 0 Å². The van der Waals surface area contributed by atoms with Crippen molar-refractivity contribution in [1.29, 1.82) is 5.26 Å². The van der Waals surface area contributed by atoms with Crippen molar-refractivity contribution in [2.75, 3.05) is 18.4 Å². The van der Waals surface area contributed by atoms with E-state index in [0.717, 1.165) is 39.8 Å². The van der Waals surface area contributed by atoms with Crippen molar-refractivity contribution in [3.63, 3.8) is 0 Å². The summed E-state index contributed by atoms with van der Waals surface area (Å²) < 4.78 is 6.46. The number of nitriles is 1. The van der Waals surface area contributed by atoms with Crippen LogP contribution >= 0.6 is 11.3 Å². The Hall–Kier alpha value is -3.73. The highest BCUT2D eigenvalue weighted by molar-refractivity contribution is 7.15. The average molecular weight is 510 g/mol. The molecule has 0 saturated carbocycles. The number of benzene rings is 2. The number of fused-ring (bicyclic) bond motifs is 1. The standard InChI is InChI=1S/C30H31N5OS/c1-19(2)30-35-20(3)28(37-30)24-15-25-29(34-17-24)36-26(18-33-25)27(23-7-5-4-6-8-23)32-14-13-21-9-11-22(16-31)12-10-21/h4-12,15,17,19,26-27,32-33H,13-14,18H2,1-3H3/t26-,27+/m0/s1. The van der Waals surface area contributed by atoms with Gasteiger partial charge in [-0.25, -0.2) is 9.97 Å². The van der Waals surface area contributed by atoms with Gasteiger partial charge in [0.1, 0.15) is 6.10 Å². The van der Waals surface area contributed by atoms with Gasteiger partial charge in [0.05, 0.1) is 45.5 Å². The van der Waals surface area contributed by atoms with Gasteiger partial charge in [-0.1, -0.05) is 56.3 Å². The summed E-state index contributed by atoms with van der Waals surface area (Å²) in [6, 6.07) is 22.5. The smallest absolute Gasteiger partial charge is 0.237 e. The molecule has 37 heavy (non-hydrogen) atoms. The molecule has 1 aliphatic rings. The Bertz CT molecular complexity index is 1390. The lowest BCUT2D eigenvalue weighted by molar-refractivity contribution is 0.150. The molecule has 2 aromatic carbocycles. The maximum atomic E-state index is 9.03. The normalized spacial score (nSPS) is 15.4. The van der Waals surface area contributed by atoms with Gasteiger partial charge in [0.15, 0.2) is 0 Å². The molecule has 4 aromatic rings. The van der Waals surface area contributed by atoms with E-state index in [1.54, 1.807) is 11.3 Å². The second kappa shape index (κ2) is 11.1. The largest absolute Gasteiger partial charge is 0.469 e. The molecular formula is C30H31N5OS. The van der Waals surface area contributed by atoms with E-state index >= 15 is 0 Å². The van der Waals surface area contributed by atoms with E-state index in [2.05, 4.69) is 67.8 Å². The summed E-state index contributed by atoms with van der Waals surface area (Å²) in [5.74, 6) is 1.03. The zero-order chi connectivity index (χ0) is 25.8. The molecule has 2 N–H and O–H groups in total. The van der Waals surface area contributed by atoms with Crippen LogP contribution in [-0.2, 0) is 6.42 Å². The van der Waals surface area contributed by atoms with Crippen LogP contribution in [-0.4, -0.2) is 29.2 Å². The van der Waals surface area contributed by atoms with Gasteiger partial charge in [-0.2, -0.15) is 5.26 Å². The highest BCUT2D eigenvalue weighted by Crippen LogP contribution is 2.38. The van der Waals surface area contributed by atoms with Gasteiger partial charge in [-0.05, 0) is 49.2 Å². The van der Waals surface area contributed by atoms with Crippen LogP contribution in [0.3, 0.4) is 0 Å². The number of hydrogen-bond acceptors (Lipinski definition) is 7. The molecule has 0 amide bonds. The highest BCUT2D eigenvalue weighted by atomic mass is 32.1. The van der Waals surface area contributed by atoms with E-state index in [-0.39, 0.29) is 12.1 Å². The molecule has 1 aliphatic heterocycles. The summed E-state index contributed by atoms with van der Waals surface area (Å²) in [4.78, 5) is 10.6. The minimum atomic E-state index is -0.119. The SMILES string of the molecule is Cc1nc(C(C)C)sc1-c1cnc2c(c1)NC[C@@H]([C@H](NCCc1ccc(C#N)cc1)c1ccccc1)O2. The minimum Gasteiger partial charge on any atom is -0.469 e. The molecule has 2 atom stereocenters. The second-order valence-electron chi connectivity index (χ2n) is 9.64. The number of thiazole rings is 1. The summed E-state index contributed by atoms with van der Waals surface area (Å²) >= 11 is 1.74. The minimum absolute atomic E-state index is 0.000881. The van der Waals surface area contributed by atoms with Gasteiger partial charge < -0.3 is 15.4 Å². The van der Waals surface area contributed by atoms with Crippen LogP contribution in [0.1, 0.15) is 53.2 Å².